The molecule has 1 aromatic rings. The number of aliphatic hydroxyl groups excluding tert-OH is 1. The molecule has 1 aliphatic rings. The standard InChI is InChI=1S/C10H14N2O/c1-12-9(4-5-10(12)13)8-3-2-6-11-7-8/h2-3,6-7,9-10,13H,4-5H2,1H3/t9-,10+/m1/s1. The van der Waals surface area contributed by atoms with Crippen molar-refractivity contribution < 1.29 is 5.11 Å². The third-order valence-corrected chi connectivity index (χ3v) is 2.73. The highest BCUT2D eigenvalue weighted by Gasteiger charge is 2.29. The summed E-state index contributed by atoms with van der Waals surface area (Å²) < 4.78 is 0. The van der Waals surface area contributed by atoms with Crippen LogP contribution in [0.15, 0.2) is 24.5 Å². The van der Waals surface area contributed by atoms with Crippen molar-refractivity contribution in [1.82, 2.24) is 9.88 Å². The molecule has 0 spiro atoms. The molecular weight excluding hydrogens is 164 g/mol. The van der Waals surface area contributed by atoms with Crippen LogP contribution in [0, 0.1) is 0 Å². The lowest BCUT2D eigenvalue weighted by Gasteiger charge is -2.22. The van der Waals surface area contributed by atoms with E-state index in [2.05, 4.69) is 11.1 Å². The molecule has 2 heterocycles. The largest absolute Gasteiger partial charge is 0.378 e. The maximum absolute atomic E-state index is 9.53. The van der Waals surface area contributed by atoms with Crippen LogP contribution in [0.5, 0.6) is 0 Å². The molecule has 1 aromatic heterocycles. The van der Waals surface area contributed by atoms with Crippen LogP contribution < -0.4 is 0 Å². The topological polar surface area (TPSA) is 36.4 Å². The van der Waals surface area contributed by atoms with Gasteiger partial charge in [-0.1, -0.05) is 6.07 Å². The Hall–Kier alpha value is -0.930. The molecule has 2 atom stereocenters. The summed E-state index contributed by atoms with van der Waals surface area (Å²) in [4.78, 5) is 6.08. The van der Waals surface area contributed by atoms with E-state index >= 15 is 0 Å². The first kappa shape index (κ1) is 8.66. The lowest BCUT2D eigenvalue weighted by molar-refractivity contribution is 0.0373. The van der Waals surface area contributed by atoms with Gasteiger partial charge in [-0.2, -0.15) is 0 Å². The van der Waals surface area contributed by atoms with Crippen molar-refractivity contribution in [1.29, 1.82) is 0 Å². The number of hydrogen-bond donors (Lipinski definition) is 1. The first-order chi connectivity index (χ1) is 6.29. The van der Waals surface area contributed by atoms with Crippen molar-refractivity contribution in [3.8, 4) is 0 Å². The first-order valence-electron chi connectivity index (χ1n) is 4.59. The zero-order valence-corrected chi connectivity index (χ0v) is 7.72. The summed E-state index contributed by atoms with van der Waals surface area (Å²) in [5.74, 6) is 0. The van der Waals surface area contributed by atoms with Gasteiger partial charge in [0.15, 0.2) is 0 Å². The van der Waals surface area contributed by atoms with Crippen LogP contribution in [-0.4, -0.2) is 28.3 Å². The normalized spacial score (nSPS) is 29.4. The molecule has 1 fully saturated rings. The van der Waals surface area contributed by atoms with E-state index in [0.717, 1.165) is 12.8 Å². The van der Waals surface area contributed by atoms with Crippen LogP contribution >= 0.6 is 0 Å². The SMILES string of the molecule is CN1[C@@H](c2cccnc2)CC[C@@H]1O. The van der Waals surface area contributed by atoms with E-state index in [0.29, 0.717) is 6.04 Å². The number of hydrogen-bond acceptors (Lipinski definition) is 3. The number of aromatic nitrogens is 1. The molecule has 0 bridgehead atoms. The number of nitrogens with zero attached hydrogens (tertiary/aromatic N) is 2. The second-order valence-corrected chi connectivity index (χ2v) is 3.53. The summed E-state index contributed by atoms with van der Waals surface area (Å²) in [6.45, 7) is 0. The molecule has 0 radical (unpaired) electrons. The maximum atomic E-state index is 9.53. The minimum absolute atomic E-state index is 0.287. The zero-order chi connectivity index (χ0) is 9.26. The molecule has 1 saturated heterocycles. The van der Waals surface area contributed by atoms with Crippen molar-refractivity contribution in [2.75, 3.05) is 7.05 Å². The number of rotatable bonds is 1. The summed E-state index contributed by atoms with van der Waals surface area (Å²) in [5, 5.41) is 9.53. The minimum Gasteiger partial charge on any atom is -0.378 e. The molecule has 3 heteroatoms. The Balaban J connectivity index is 2.19. The van der Waals surface area contributed by atoms with Crippen LogP contribution in [0.2, 0.25) is 0 Å². The molecule has 0 unspecified atom stereocenters. The summed E-state index contributed by atoms with van der Waals surface area (Å²) in [5.41, 5.74) is 1.20. The zero-order valence-electron chi connectivity index (χ0n) is 7.72. The van der Waals surface area contributed by atoms with Crippen LogP contribution in [0.25, 0.3) is 0 Å². The average molecular weight is 178 g/mol. The van der Waals surface area contributed by atoms with Gasteiger partial charge in [-0.25, -0.2) is 0 Å². The Morgan fingerprint density at radius 1 is 1.54 bits per heavy atom. The van der Waals surface area contributed by atoms with E-state index in [4.69, 9.17) is 0 Å². The predicted molar refractivity (Wildman–Crippen MR) is 50.0 cm³/mol. The number of aliphatic hydroxyl groups is 1. The minimum atomic E-state index is -0.287. The van der Waals surface area contributed by atoms with Crippen LogP contribution in [-0.2, 0) is 0 Å². The van der Waals surface area contributed by atoms with Gasteiger partial charge in [0.2, 0.25) is 0 Å². The second kappa shape index (κ2) is 3.44. The molecule has 1 aliphatic heterocycles. The van der Waals surface area contributed by atoms with Gasteiger partial charge in [0.05, 0.1) is 0 Å². The van der Waals surface area contributed by atoms with Crippen molar-refractivity contribution >= 4 is 0 Å². The van der Waals surface area contributed by atoms with Gasteiger partial charge < -0.3 is 5.11 Å². The molecular formula is C10H14N2O. The monoisotopic (exact) mass is 178 g/mol. The summed E-state index contributed by atoms with van der Waals surface area (Å²) in [6.07, 6.45) is 5.23. The Morgan fingerprint density at radius 3 is 2.92 bits per heavy atom. The van der Waals surface area contributed by atoms with Crippen molar-refractivity contribution in [3.63, 3.8) is 0 Å². The molecule has 13 heavy (non-hydrogen) atoms. The average Bonchev–Trinajstić information content (AvgIpc) is 2.49. The van der Waals surface area contributed by atoms with Crippen molar-refractivity contribution in [2.24, 2.45) is 0 Å². The highest BCUT2D eigenvalue weighted by atomic mass is 16.3. The molecule has 3 nitrogen and oxygen atoms in total. The Labute approximate surface area is 78.0 Å². The van der Waals surface area contributed by atoms with Gasteiger partial charge in [0.1, 0.15) is 6.23 Å². The molecule has 0 saturated carbocycles. The summed E-state index contributed by atoms with van der Waals surface area (Å²) in [6, 6.07) is 4.34. The third kappa shape index (κ3) is 1.57. The third-order valence-electron chi connectivity index (χ3n) is 2.73. The molecule has 70 valence electrons. The van der Waals surface area contributed by atoms with Crippen molar-refractivity contribution in [2.45, 2.75) is 25.1 Å². The summed E-state index contributed by atoms with van der Waals surface area (Å²) >= 11 is 0. The Kier molecular flexibility index (Phi) is 2.29. The van der Waals surface area contributed by atoms with E-state index in [1.165, 1.54) is 5.56 Å². The molecule has 0 aliphatic carbocycles. The van der Waals surface area contributed by atoms with E-state index in [1.807, 2.05) is 24.2 Å². The first-order valence-corrected chi connectivity index (χ1v) is 4.59. The predicted octanol–water partition coefficient (Wildman–Crippen LogP) is 1.17. The Morgan fingerprint density at radius 2 is 2.38 bits per heavy atom. The van der Waals surface area contributed by atoms with Gasteiger partial charge in [-0.3, -0.25) is 9.88 Å². The fourth-order valence-electron chi connectivity index (χ4n) is 1.90. The Bertz CT molecular complexity index is 276. The highest BCUT2D eigenvalue weighted by molar-refractivity contribution is 5.15. The maximum Gasteiger partial charge on any atom is 0.107 e. The van der Waals surface area contributed by atoms with Gasteiger partial charge in [-0.15, -0.1) is 0 Å². The smallest absolute Gasteiger partial charge is 0.107 e. The fourth-order valence-corrected chi connectivity index (χ4v) is 1.90. The van der Waals surface area contributed by atoms with E-state index in [-0.39, 0.29) is 6.23 Å². The molecule has 1 N–H and O–H groups in total. The van der Waals surface area contributed by atoms with Gasteiger partial charge >= 0.3 is 0 Å². The second-order valence-electron chi connectivity index (χ2n) is 3.53. The van der Waals surface area contributed by atoms with Gasteiger partial charge in [0.25, 0.3) is 0 Å². The van der Waals surface area contributed by atoms with E-state index < -0.39 is 0 Å². The van der Waals surface area contributed by atoms with Gasteiger partial charge in [0, 0.05) is 18.4 Å². The van der Waals surface area contributed by atoms with Crippen LogP contribution in [0.3, 0.4) is 0 Å². The van der Waals surface area contributed by atoms with Crippen LogP contribution in [0.4, 0.5) is 0 Å². The van der Waals surface area contributed by atoms with Crippen molar-refractivity contribution in [3.05, 3.63) is 30.1 Å². The fraction of sp³-hybridized carbons (Fsp3) is 0.500. The molecule has 0 amide bonds. The van der Waals surface area contributed by atoms with E-state index in [1.54, 1.807) is 6.20 Å². The molecule has 0 aromatic carbocycles. The van der Waals surface area contributed by atoms with Crippen LogP contribution in [0.1, 0.15) is 24.4 Å². The van der Waals surface area contributed by atoms with E-state index in [9.17, 15) is 5.11 Å². The highest BCUT2D eigenvalue weighted by Crippen LogP contribution is 2.32. The van der Waals surface area contributed by atoms with Gasteiger partial charge in [-0.05, 0) is 31.5 Å². The summed E-state index contributed by atoms with van der Waals surface area (Å²) in [7, 11) is 1.95. The lowest BCUT2D eigenvalue weighted by Crippen LogP contribution is -2.26. The number of pyridine rings is 1. The number of likely N-dealkylation sites (tertiary alicyclic amines) is 1. The molecule has 2 rings (SSSR count). The lowest BCUT2D eigenvalue weighted by atomic mass is 10.1. The quantitative estimate of drug-likeness (QED) is 0.701.